The van der Waals surface area contributed by atoms with E-state index in [0.717, 1.165) is 4.57 Å². The number of carbonyl (C=O) groups is 1. The number of benzene rings is 2. The van der Waals surface area contributed by atoms with Gasteiger partial charge in [0.2, 0.25) is 5.88 Å². The number of carbonyl (C=O) groups excluding carboxylic acids is 1. The number of hydrogen-bond acceptors (Lipinski definition) is 6. The summed E-state index contributed by atoms with van der Waals surface area (Å²) in [6.45, 7) is -0.0118. The molecule has 0 aliphatic carbocycles. The summed E-state index contributed by atoms with van der Waals surface area (Å²) in [7, 11) is 1.52. The number of aromatic nitrogens is 3. The molecular formula is C24H19F3N4O4S. The SMILES string of the molecule is COc1ccc(C(=O)Nc2cnccc2Cn2cc(O)n(-c3ccc(SC(F)(F)F)cc3)c2=O)cc1. The normalized spacial score (nSPS) is 11.3. The zero-order valence-corrected chi connectivity index (χ0v) is 19.5. The van der Waals surface area contributed by atoms with Crippen LogP contribution in [-0.2, 0) is 6.54 Å². The molecule has 0 aliphatic heterocycles. The van der Waals surface area contributed by atoms with Crippen molar-refractivity contribution in [2.45, 2.75) is 16.9 Å². The Balaban J connectivity index is 1.56. The van der Waals surface area contributed by atoms with Crippen molar-refractivity contribution in [3.05, 3.63) is 94.8 Å². The molecule has 0 saturated carbocycles. The molecule has 36 heavy (non-hydrogen) atoms. The van der Waals surface area contributed by atoms with Gasteiger partial charge in [0, 0.05) is 16.7 Å². The third-order valence-corrected chi connectivity index (χ3v) is 5.86. The van der Waals surface area contributed by atoms with Crippen LogP contribution in [0.2, 0.25) is 0 Å². The van der Waals surface area contributed by atoms with Crippen molar-refractivity contribution in [3.63, 3.8) is 0 Å². The molecule has 0 fully saturated rings. The Morgan fingerprint density at radius 1 is 1.11 bits per heavy atom. The van der Waals surface area contributed by atoms with Gasteiger partial charge in [-0.25, -0.2) is 9.36 Å². The van der Waals surface area contributed by atoms with Crippen LogP contribution in [0.15, 0.2) is 82.9 Å². The minimum absolute atomic E-state index is 0.0118. The maximum absolute atomic E-state index is 13.0. The number of methoxy groups -OCH3 is 1. The molecule has 2 N–H and O–H groups in total. The number of hydrogen-bond donors (Lipinski definition) is 2. The average Bonchev–Trinajstić information content (AvgIpc) is 3.12. The Bertz CT molecular complexity index is 1430. The van der Waals surface area contributed by atoms with Gasteiger partial charge in [-0.2, -0.15) is 13.2 Å². The van der Waals surface area contributed by atoms with Crippen LogP contribution in [0.4, 0.5) is 18.9 Å². The molecule has 2 aromatic heterocycles. The van der Waals surface area contributed by atoms with Crippen LogP contribution >= 0.6 is 11.8 Å². The Morgan fingerprint density at radius 2 is 1.81 bits per heavy atom. The molecule has 4 rings (SSSR count). The lowest BCUT2D eigenvalue weighted by molar-refractivity contribution is -0.0328. The summed E-state index contributed by atoms with van der Waals surface area (Å²) in [6.07, 6.45) is 4.14. The lowest BCUT2D eigenvalue weighted by Gasteiger charge is -2.11. The first-order chi connectivity index (χ1) is 17.1. The minimum atomic E-state index is -4.44. The Labute approximate surface area is 207 Å². The van der Waals surface area contributed by atoms with Crippen molar-refractivity contribution in [2.75, 3.05) is 12.4 Å². The number of aromatic hydroxyl groups is 1. The van der Waals surface area contributed by atoms with E-state index >= 15 is 0 Å². The number of nitrogens with zero attached hydrogens (tertiary/aromatic N) is 3. The van der Waals surface area contributed by atoms with Crippen LogP contribution in [0.5, 0.6) is 11.6 Å². The fraction of sp³-hybridized carbons (Fsp3) is 0.125. The molecule has 1 amide bonds. The number of amides is 1. The number of thioether (sulfide) groups is 1. The molecule has 0 aliphatic rings. The molecule has 12 heteroatoms. The number of anilines is 1. The summed E-state index contributed by atoms with van der Waals surface area (Å²) in [5, 5.41) is 13.1. The molecule has 2 heterocycles. The first kappa shape index (κ1) is 24.9. The number of ether oxygens (including phenoxy) is 1. The minimum Gasteiger partial charge on any atom is -0.497 e. The van der Waals surface area contributed by atoms with Crippen molar-refractivity contribution < 1.29 is 27.8 Å². The Morgan fingerprint density at radius 3 is 2.44 bits per heavy atom. The summed E-state index contributed by atoms with van der Waals surface area (Å²) in [5.41, 5.74) is -3.55. The fourth-order valence-electron chi connectivity index (χ4n) is 3.43. The number of halogens is 3. The highest BCUT2D eigenvalue weighted by atomic mass is 32.2. The van der Waals surface area contributed by atoms with E-state index in [1.807, 2.05) is 0 Å². The second-order valence-corrected chi connectivity index (χ2v) is 8.63. The lowest BCUT2D eigenvalue weighted by Crippen LogP contribution is -2.24. The summed E-state index contributed by atoms with van der Waals surface area (Å²) >= 11 is -0.275. The smallest absolute Gasteiger partial charge is 0.446 e. The van der Waals surface area contributed by atoms with Gasteiger partial charge in [0.15, 0.2) is 0 Å². The van der Waals surface area contributed by atoms with Crippen molar-refractivity contribution in [3.8, 4) is 17.3 Å². The van der Waals surface area contributed by atoms with Gasteiger partial charge in [0.1, 0.15) is 5.75 Å². The summed E-state index contributed by atoms with van der Waals surface area (Å²) < 4.78 is 45.0. The van der Waals surface area contributed by atoms with Crippen LogP contribution in [-0.4, -0.2) is 37.8 Å². The molecule has 0 atom stereocenters. The van der Waals surface area contributed by atoms with E-state index in [-0.39, 0.29) is 28.9 Å². The van der Waals surface area contributed by atoms with E-state index in [2.05, 4.69) is 10.3 Å². The molecule has 0 saturated heterocycles. The van der Waals surface area contributed by atoms with Crippen molar-refractivity contribution in [1.82, 2.24) is 14.1 Å². The standard InChI is InChI=1S/C24H19F3N4O4S/c1-35-18-6-2-15(3-7-18)22(33)29-20-12-28-11-10-16(20)13-30-14-21(32)31(23(30)34)17-4-8-19(9-5-17)36-24(25,26)27/h2-12,14,32H,13H2,1H3,(H,29,33). The van der Waals surface area contributed by atoms with E-state index in [1.165, 1.54) is 54.5 Å². The van der Waals surface area contributed by atoms with Crippen LogP contribution in [0.3, 0.4) is 0 Å². The summed E-state index contributed by atoms with van der Waals surface area (Å²) in [4.78, 5) is 29.6. The quantitative estimate of drug-likeness (QED) is 0.347. The van der Waals surface area contributed by atoms with E-state index in [4.69, 9.17) is 4.74 Å². The van der Waals surface area contributed by atoms with Crippen LogP contribution in [0, 0.1) is 0 Å². The largest absolute Gasteiger partial charge is 0.497 e. The topological polar surface area (TPSA) is 98.4 Å². The van der Waals surface area contributed by atoms with Crippen LogP contribution in [0.25, 0.3) is 5.69 Å². The van der Waals surface area contributed by atoms with E-state index in [9.17, 15) is 27.9 Å². The maximum Gasteiger partial charge on any atom is 0.446 e. The highest BCUT2D eigenvalue weighted by Gasteiger charge is 2.29. The monoisotopic (exact) mass is 516 g/mol. The molecule has 0 spiro atoms. The van der Waals surface area contributed by atoms with Crippen LogP contribution in [0.1, 0.15) is 15.9 Å². The lowest BCUT2D eigenvalue weighted by atomic mass is 10.1. The van der Waals surface area contributed by atoms with Gasteiger partial charge in [-0.1, -0.05) is 0 Å². The molecule has 0 radical (unpaired) electrons. The van der Waals surface area contributed by atoms with Gasteiger partial charge >= 0.3 is 11.2 Å². The fourth-order valence-corrected chi connectivity index (χ4v) is 3.97. The van der Waals surface area contributed by atoms with Crippen molar-refractivity contribution in [2.24, 2.45) is 0 Å². The third kappa shape index (κ3) is 5.71. The molecule has 2 aromatic carbocycles. The Hall–Kier alpha value is -4.19. The van der Waals surface area contributed by atoms with Gasteiger partial charge in [-0.3, -0.25) is 14.3 Å². The number of imidazole rings is 1. The third-order valence-electron chi connectivity index (χ3n) is 5.12. The van der Waals surface area contributed by atoms with Gasteiger partial charge in [0.25, 0.3) is 5.91 Å². The number of alkyl halides is 3. The number of pyridine rings is 1. The maximum atomic E-state index is 13.0. The van der Waals surface area contributed by atoms with Gasteiger partial charge < -0.3 is 15.2 Å². The molecular weight excluding hydrogens is 497 g/mol. The predicted octanol–water partition coefficient (Wildman–Crippen LogP) is 4.66. The highest BCUT2D eigenvalue weighted by molar-refractivity contribution is 8.00. The number of nitrogens with one attached hydrogen (secondary N) is 1. The zero-order chi connectivity index (χ0) is 25.9. The average molecular weight is 517 g/mol. The molecule has 8 nitrogen and oxygen atoms in total. The van der Waals surface area contributed by atoms with E-state index < -0.39 is 23.0 Å². The van der Waals surface area contributed by atoms with Gasteiger partial charge in [0.05, 0.1) is 37.4 Å². The van der Waals surface area contributed by atoms with E-state index in [1.54, 1.807) is 30.3 Å². The van der Waals surface area contributed by atoms with Crippen molar-refractivity contribution >= 4 is 23.4 Å². The molecule has 0 unspecified atom stereocenters. The van der Waals surface area contributed by atoms with Gasteiger partial charge in [-0.15, -0.1) is 0 Å². The van der Waals surface area contributed by atoms with E-state index in [0.29, 0.717) is 22.6 Å². The first-order valence-electron chi connectivity index (χ1n) is 10.4. The zero-order valence-electron chi connectivity index (χ0n) is 18.7. The predicted molar refractivity (Wildman–Crippen MR) is 128 cm³/mol. The summed E-state index contributed by atoms with van der Waals surface area (Å²) in [5.74, 6) is -0.184. The van der Waals surface area contributed by atoms with Crippen LogP contribution < -0.4 is 15.7 Å². The Kier molecular flexibility index (Phi) is 7.06. The second kappa shape index (κ2) is 10.2. The summed E-state index contributed by atoms with van der Waals surface area (Å²) in [6, 6.07) is 13.2. The molecule has 4 aromatic rings. The highest BCUT2D eigenvalue weighted by Crippen LogP contribution is 2.37. The molecule has 0 bridgehead atoms. The molecule has 186 valence electrons. The second-order valence-electron chi connectivity index (χ2n) is 7.49. The van der Waals surface area contributed by atoms with Crippen molar-refractivity contribution in [1.29, 1.82) is 0 Å². The first-order valence-corrected chi connectivity index (χ1v) is 11.2. The number of rotatable bonds is 7. The van der Waals surface area contributed by atoms with Gasteiger partial charge in [-0.05, 0) is 71.9 Å².